The highest BCUT2D eigenvalue weighted by atomic mass is 35.5. The van der Waals surface area contributed by atoms with E-state index in [4.69, 9.17) is 21.1 Å². The molecule has 0 saturated carbocycles. The van der Waals surface area contributed by atoms with Gasteiger partial charge in [-0.1, -0.05) is 23.7 Å². The van der Waals surface area contributed by atoms with Crippen LogP contribution < -0.4 is 20.1 Å². The molecule has 3 aromatic carbocycles. The van der Waals surface area contributed by atoms with Crippen molar-refractivity contribution in [2.45, 2.75) is 19.1 Å². The number of benzene rings is 3. The average Bonchev–Trinajstić information content (AvgIpc) is 2.81. The first-order valence-electron chi connectivity index (χ1n) is 10.3. The number of rotatable bonds is 6. The summed E-state index contributed by atoms with van der Waals surface area (Å²) in [5.41, 5.74) is 3.78. The molecular weight excluding hydrogens is 412 g/mol. The Morgan fingerprint density at radius 3 is 2.55 bits per heavy atom. The van der Waals surface area contributed by atoms with Crippen LogP contribution in [0.2, 0.25) is 5.02 Å². The SMILES string of the molecule is CCOc1ccc(C2=CC(c3cc(Cl)ccc3O)[NH2+]C(c3ccccc3OC)N2)cc1. The Kier molecular flexibility index (Phi) is 6.35. The van der Waals surface area contributed by atoms with E-state index in [0.717, 1.165) is 33.9 Å². The lowest BCUT2D eigenvalue weighted by molar-refractivity contribution is -0.731. The van der Waals surface area contributed by atoms with Crippen molar-refractivity contribution in [3.05, 3.63) is 94.5 Å². The molecule has 0 bridgehead atoms. The number of phenols is 1. The molecule has 0 spiro atoms. The van der Waals surface area contributed by atoms with E-state index in [1.807, 2.05) is 61.5 Å². The van der Waals surface area contributed by atoms with Crippen LogP contribution in [-0.2, 0) is 0 Å². The van der Waals surface area contributed by atoms with Crippen molar-refractivity contribution in [2.75, 3.05) is 13.7 Å². The second kappa shape index (κ2) is 9.33. The van der Waals surface area contributed by atoms with Crippen LogP contribution in [0.5, 0.6) is 17.2 Å². The van der Waals surface area contributed by atoms with Gasteiger partial charge in [0.2, 0.25) is 0 Å². The number of para-hydroxylation sites is 1. The quantitative estimate of drug-likeness (QED) is 0.534. The molecule has 4 N–H and O–H groups in total. The molecule has 5 nitrogen and oxygen atoms in total. The summed E-state index contributed by atoms with van der Waals surface area (Å²) in [6.07, 6.45) is 1.98. The molecule has 0 fully saturated rings. The van der Waals surface area contributed by atoms with Crippen molar-refractivity contribution in [3.8, 4) is 17.2 Å². The lowest BCUT2D eigenvalue weighted by Gasteiger charge is -2.30. The minimum Gasteiger partial charge on any atom is -0.507 e. The minimum absolute atomic E-state index is 0.119. The van der Waals surface area contributed by atoms with Crippen molar-refractivity contribution in [3.63, 3.8) is 0 Å². The number of phenolic OH excluding ortho intramolecular Hbond substituents is 1. The zero-order valence-electron chi connectivity index (χ0n) is 17.5. The molecule has 0 radical (unpaired) electrons. The van der Waals surface area contributed by atoms with Gasteiger partial charge in [-0.25, -0.2) is 0 Å². The number of hydrogen-bond acceptors (Lipinski definition) is 4. The normalized spacial score (nSPS) is 18.1. The van der Waals surface area contributed by atoms with Crippen molar-refractivity contribution >= 4 is 17.3 Å². The fraction of sp³-hybridized carbons (Fsp3) is 0.200. The molecule has 0 amide bonds. The van der Waals surface area contributed by atoms with E-state index in [1.54, 1.807) is 19.2 Å². The van der Waals surface area contributed by atoms with Crippen LogP contribution in [-0.4, -0.2) is 18.8 Å². The maximum atomic E-state index is 10.5. The molecule has 0 aliphatic carbocycles. The molecule has 1 aliphatic heterocycles. The molecule has 0 saturated heterocycles. The average molecular weight is 438 g/mol. The van der Waals surface area contributed by atoms with Crippen molar-refractivity contribution in [1.82, 2.24) is 5.32 Å². The lowest BCUT2D eigenvalue weighted by atomic mass is 9.97. The third-order valence-electron chi connectivity index (χ3n) is 5.36. The van der Waals surface area contributed by atoms with Gasteiger partial charge < -0.3 is 25.2 Å². The molecule has 2 unspecified atom stereocenters. The number of hydrogen-bond donors (Lipinski definition) is 3. The zero-order valence-corrected chi connectivity index (χ0v) is 18.3. The first kappa shape index (κ1) is 21.1. The summed E-state index contributed by atoms with van der Waals surface area (Å²) < 4.78 is 11.2. The van der Waals surface area contributed by atoms with Crippen molar-refractivity contribution in [2.24, 2.45) is 0 Å². The second-order valence-electron chi connectivity index (χ2n) is 7.32. The first-order chi connectivity index (χ1) is 15.1. The largest absolute Gasteiger partial charge is 0.507 e. The Bertz CT molecular complexity index is 1080. The van der Waals surface area contributed by atoms with Crippen LogP contribution in [0.4, 0.5) is 0 Å². The Morgan fingerprint density at radius 2 is 1.81 bits per heavy atom. The van der Waals surface area contributed by atoms with Crippen LogP contribution in [0.15, 0.2) is 72.8 Å². The third-order valence-corrected chi connectivity index (χ3v) is 5.59. The maximum absolute atomic E-state index is 10.5. The Morgan fingerprint density at radius 1 is 1.03 bits per heavy atom. The highest BCUT2D eigenvalue weighted by molar-refractivity contribution is 6.30. The van der Waals surface area contributed by atoms with Crippen LogP contribution in [0.3, 0.4) is 0 Å². The Labute approximate surface area is 187 Å². The molecule has 31 heavy (non-hydrogen) atoms. The number of aromatic hydroxyl groups is 1. The van der Waals surface area contributed by atoms with Gasteiger partial charge in [-0.15, -0.1) is 0 Å². The zero-order chi connectivity index (χ0) is 21.8. The van der Waals surface area contributed by atoms with E-state index in [1.165, 1.54) is 0 Å². The summed E-state index contributed by atoms with van der Waals surface area (Å²) in [5.74, 6) is 1.85. The fourth-order valence-corrected chi connectivity index (χ4v) is 4.05. The number of nitrogens with two attached hydrogens (primary N) is 1. The molecule has 3 aromatic rings. The van der Waals surface area contributed by atoms with E-state index in [-0.39, 0.29) is 18.0 Å². The van der Waals surface area contributed by atoms with Crippen LogP contribution in [0.1, 0.15) is 35.8 Å². The van der Waals surface area contributed by atoms with Gasteiger partial charge >= 0.3 is 0 Å². The number of ether oxygens (including phenoxy) is 2. The fourth-order valence-electron chi connectivity index (χ4n) is 3.87. The minimum atomic E-state index is -0.142. The topological polar surface area (TPSA) is 67.3 Å². The third kappa shape index (κ3) is 4.63. The van der Waals surface area contributed by atoms with Crippen molar-refractivity contribution in [1.29, 1.82) is 0 Å². The summed E-state index contributed by atoms with van der Waals surface area (Å²) in [4.78, 5) is 0. The van der Waals surface area contributed by atoms with E-state index >= 15 is 0 Å². The van der Waals surface area contributed by atoms with E-state index < -0.39 is 0 Å². The molecular formula is C25H26ClN2O3+. The van der Waals surface area contributed by atoms with E-state index in [0.29, 0.717) is 11.6 Å². The molecule has 1 heterocycles. The van der Waals surface area contributed by atoms with Crippen LogP contribution >= 0.6 is 11.6 Å². The van der Waals surface area contributed by atoms with E-state index in [2.05, 4.69) is 16.7 Å². The summed E-state index contributed by atoms with van der Waals surface area (Å²) in [6.45, 7) is 2.59. The Balaban J connectivity index is 1.76. The van der Waals surface area contributed by atoms with Gasteiger partial charge in [0.25, 0.3) is 0 Å². The summed E-state index contributed by atoms with van der Waals surface area (Å²) in [6, 6.07) is 20.9. The molecule has 4 rings (SSSR count). The summed E-state index contributed by atoms with van der Waals surface area (Å²) in [5, 5.41) is 16.9. The number of nitrogens with one attached hydrogen (secondary N) is 1. The maximum Gasteiger partial charge on any atom is 0.190 e. The highest BCUT2D eigenvalue weighted by Gasteiger charge is 2.31. The van der Waals surface area contributed by atoms with E-state index in [9.17, 15) is 5.11 Å². The molecule has 160 valence electrons. The number of quaternary nitrogens is 1. The summed E-state index contributed by atoms with van der Waals surface area (Å²) in [7, 11) is 1.67. The predicted molar refractivity (Wildman–Crippen MR) is 122 cm³/mol. The van der Waals surface area contributed by atoms with Crippen molar-refractivity contribution < 1.29 is 19.9 Å². The Hall–Kier alpha value is -3.15. The monoisotopic (exact) mass is 437 g/mol. The van der Waals surface area contributed by atoms with Gasteiger partial charge in [-0.3, -0.25) is 0 Å². The lowest BCUT2D eigenvalue weighted by Crippen LogP contribution is -2.89. The number of methoxy groups -OCH3 is 1. The van der Waals surface area contributed by atoms with Crippen LogP contribution in [0.25, 0.3) is 5.70 Å². The van der Waals surface area contributed by atoms with Gasteiger partial charge in [0.1, 0.15) is 23.3 Å². The predicted octanol–water partition coefficient (Wildman–Crippen LogP) is 4.40. The number of halogens is 1. The molecule has 1 aliphatic rings. The van der Waals surface area contributed by atoms with Gasteiger partial charge in [0, 0.05) is 16.8 Å². The summed E-state index contributed by atoms with van der Waals surface area (Å²) >= 11 is 6.24. The first-order valence-corrected chi connectivity index (χ1v) is 10.6. The second-order valence-corrected chi connectivity index (χ2v) is 7.76. The smallest absolute Gasteiger partial charge is 0.190 e. The van der Waals surface area contributed by atoms with Crippen LogP contribution in [0, 0.1) is 0 Å². The molecule has 6 heteroatoms. The van der Waals surface area contributed by atoms with Gasteiger partial charge in [0.15, 0.2) is 6.17 Å². The molecule has 2 atom stereocenters. The highest BCUT2D eigenvalue weighted by Crippen LogP contribution is 2.33. The molecule has 0 aromatic heterocycles. The van der Waals surface area contributed by atoms with Gasteiger partial charge in [-0.2, -0.15) is 0 Å². The van der Waals surface area contributed by atoms with Gasteiger partial charge in [0.05, 0.1) is 24.8 Å². The standard InChI is InChI=1S/C25H25ClN2O3/c1-3-31-18-11-8-16(9-12-18)21-15-22(20-14-17(26)10-13-23(20)29)28-25(27-21)19-6-4-5-7-24(19)30-2/h4-15,22,25,27-29H,3H2,1-2H3/p+1. The van der Waals surface area contributed by atoms with Gasteiger partial charge in [-0.05, 0) is 67.1 Å².